The fourth-order valence-electron chi connectivity index (χ4n) is 2.53. The van der Waals surface area contributed by atoms with Crippen molar-refractivity contribution in [3.63, 3.8) is 0 Å². The second kappa shape index (κ2) is 7.26. The summed E-state index contributed by atoms with van der Waals surface area (Å²) in [6.45, 7) is 2.75. The predicted molar refractivity (Wildman–Crippen MR) is 93.6 cm³/mol. The van der Waals surface area contributed by atoms with Crippen molar-refractivity contribution in [2.75, 3.05) is 7.11 Å². The summed E-state index contributed by atoms with van der Waals surface area (Å²) < 4.78 is 16.1. The second-order valence-corrected chi connectivity index (χ2v) is 5.63. The lowest BCUT2D eigenvalue weighted by Gasteiger charge is -2.19. The van der Waals surface area contributed by atoms with Gasteiger partial charge >= 0.3 is 5.97 Å². The molecule has 1 aliphatic rings. The normalized spacial score (nSPS) is 15.9. The Bertz CT molecular complexity index is 860. The number of benzene rings is 2. The van der Waals surface area contributed by atoms with Gasteiger partial charge in [0.1, 0.15) is 11.5 Å². The quantitative estimate of drug-likeness (QED) is 0.623. The van der Waals surface area contributed by atoms with Crippen molar-refractivity contribution < 1.29 is 23.8 Å². The average Bonchev–Trinajstić information content (AvgIpc) is 3.07. The molecule has 0 N–H and O–H groups in total. The number of amides is 1. The van der Waals surface area contributed by atoms with Crippen LogP contribution in [0.5, 0.6) is 11.5 Å². The van der Waals surface area contributed by atoms with Gasteiger partial charge in [0.2, 0.25) is 18.0 Å². The zero-order chi connectivity index (χ0) is 18.7. The molecule has 0 spiro atoms. The highest BCUT2D eigenvalue weighted by atomic mass is 16.5. The fraction of sp³-hybridized carbons (Fsp3) is 0.211. The molecular weight excluding hydrogens is 336 g/mol. The number of nitrogens with zero attached hydrogens (tertiary/aromatic N) is 2. The van der Waals surface area contributed by atoms with Gasteiger partial charge in [-0.25, -0.2) is 0 Å². The number of carbonyl (C=O) groups excluding carboxylic acids is 2. The molecule has 0 unspecified atom stereocenters. The van der Waals surface area contributed by atoms with Crippen LogP contribution in [0.3, 0.4) is 0 Å². The number of hydrazone groups is 1. The van der Waals surface area contributed by atoms with Gasteiger partial charge in [-0.1, -0.05) is 6.07 Å². The van der Waals surface area contributed by atoms with E-state index in [4.69, 9.17) is 14.2 Å². The second-order valence-electron chi connectivity index (χ2n) is 5.63. The summed E-state index contributed by atoms with van der Waals surface area (Å²) >= 11 is 0. The van der Waals surface area contributed by atoms with Crippen LogP contribution in [0.1, 0.15) is 31.2 Å². The van der Waals surface area contributed by atoms with Crippen molar-refractivity contribution in [1.29, 1.82) is 0 Å². The highest BCUT2D eigenvalue weighted by Crippen LogP contribution is 2.31. The number of hydrogen-bond donors (Lipinski definition) is 0. The first kappa shape index (κ1) is 17.5. The number of rotatable bonds is 4. The van der Waals surface area contributed by atoms with E-state index in [-0.39, 0.29) is 11.8 Å². The van der Waals surface area contributed by atoms with Gasteiger partial charge in [0.25, 0.3) is 0 Å². The zero-order valence-corrected chi connectivity index (χ0v) is 14.6. The predicted octanol–water partition coefficient (Wildman–Crippen LogP) is 2.86. The maximum atomic E-state index is 12.0. The molecular formula is C19H18N2O5. The van der Waals surface area contributed by atoms with Gasteiger partial charge in [-0.2, -0.15) is 5.01 Å². The van der Waals surface area contributed by atoms with E-state index in [1.54, 1.807) is 43.5 Å². The van der Waals surface area contributed by atoms with Gasteiger partial charge in [-0.05, 0) is 42.5 Å². The molecule has 0 aromatic heterocycles. The Labute approximate surface area is 150 Å². The highest BCUT2D eigenvalue weighted by molar-refractivity contribution is 5.96. The van der Waals surface area contributed by atoms with Crippen LogP contribution in [0, 0.1) is 0 Å². The van der Waals surface area contributed by atoms with Crippen molar-refractivity contribution in [3.05, 3.63) is 59.7 Å². The van der Waals surface area contributed by atoms with Crippen LogP contribution >= 0.6 is 0 Å². The zero-order valence-electron chi connectivity index (χ0n) is 14.6. The molecule has 1 aliphatic heterocycles. The van der Waals surface area contributed by atoms with Gasteiger partial charge < -0.3 is 14.2 Å². The van der Waals surface area contributed by atoms with Gasteiger partial charge in [-0.3, -0.25) is 9.59 Å². The summed E-state index contributed by atoms with van der Waals surface area (Å²) in [7, 11) is 1.58. The summed E-state index contributed by atoms with van der Waals surface area (Å²) in [5.74, 6) is 0.685. The number of hydrogen-bond acceptors (Lipinski definition) is 6. The summed E-state index contributed by atoms with van der Waals surface area (Å²) in [4.78, 5) is 23.1. The van der Waals surface area contributed by atoms with E-state index in [2.05, 4.69) is 5.10 Å². The Morgan fingerprint density at radius 3 is 2.42 bits per heavy atom. The first-order chi connectivity index (χ1) is 12.5. The van der Waals surface area contributed by atoms with E-state index in [1.165, 1.54) is 18.9 Å². The Morgan fingerprint density at radius 2 is 1.81 bits per heavy atom. The minimum absolute atomic E-state index is 0.253. The molecule has 26 heavy (non-hydrogen) atoms. The molecule has 0 fully saturated rings. The largest absolute Gasteiger partial charge is 0.497 e. The molecule has 7 heteroatoms. The minimum atomic E-state index is -0.675. The summed E-state index contributed by atoms with van der Waals surface area (Å²) in [6, 6.07) is 14.0. The van der Waals surface area contributed by atoms with E-state index in [9.17, 15) is 9.59 Å². The van der Waals surface area contributed by atoms with E-state index in [0.29, 0.717) is 17.1 Å². The molecule has 134 valence electrons. The molecule has 0 bridgehead atoms. The summed E-state index contributed by atoms with van der Waals surface area (Å²) in [5, 5.41) is 5.56. The van der Waals surface area contributed by atoms with Crippen LogP contribution in [0.2, 0.25) is 0 Å². The Morgan fingerprint density at radius 1 is 1.08 bits per heavy atom. The van der Waals surface area contributed by atoms with Crippen LogP contribution in [0.25, 0.3) is 0 Å². The highest BCUT2D eigenvalue weighted by Gasteiger charge is 2.33. The van der Waals surface area contributed by atoms with Crippen molar-refractivity contribution in [3.8, 4) is 11.5 Å². The smallest absolute Gasteiger partial charge is 0.308 e. The lowest BCUT2D eigenvalue weighted by Crippen LogP contribution is -2.25. The number of esters is 1. The molecule has 1 heterocycles. The van der Waals surface area contributed by atoms with Crippen molar-refractivity contribution in [2.45, 2.75) is 20.1 Å². The SMILES string of the molecule is COc1ccc([C@H]2OC(c3cccc(OC(C)=O)c3)=NN2C(C)=O)cc1. The number of carbonyl (C=O) groups is 2. The lowest BCUT2D eigenvalue weighted by molar-refractivity contribution is -0.135. The van der Waals surface area contributed by atoms with Crippen molar-refractivity contribution in [1.82, 2.24) is 5.01 Å². The van der Waals surface area contributed by atoms with Gasteiger partial charge in [0.05, 0.1) is 7.11 Å². The molecule has 0 saturated carbocycles. The van der Waals surface area contributed by atoms with E-state index in [0.717, 1.165) is 5.56 Å². The first-order valence-electron chi connectivity index (χ1n) is 7.96. The van der Waals surface area contributed by atoms with Gasteiger partial charge in [0.15, 0.2) is 0 Å². The Kier molecular flexibility index (Phi) is 4.88. The topological polar surface area (TPSA) is 77.4 Å². The summed E-state index contributed by atoms with van der Waals surface area (Å²) in [6.07, 6.45) is -0.675. The monoisotopic (exact) mass is 354 g/mol. The average molecular weight is 354 g/mol. The molecule has 3 rings (SSSR count). The minimum Gasteiger partial charge on any atom is -0.497 e. The van der Waals surface area contributed by atoms with E-state index >= 15 is 0 Å². The van der Waals surface area contributed by atoms with Gasteiger partial charge in [-0.15, -0.1) is 5.10 Å². The summed E-state index contributed by atoms with van der Waals surface area (Å²) in [5.41, 5.74) is 1.36. The number of ether oxygens (including phenoxy) is 3. The standard InChI is InChI=1S/C19H18N2O5/c1-12(22)21-19(14-7-9-16(24-3)10-8-14)26-18(20-21)15-5-4-6-17(11-15)25-13(2)23/h4-11,19H,1-3H3/t19-/m1/s1. The molecule has 0 aliphatic carbocycles. The Balaban J connectivity index is 1.89. The molecule has 7 nitrogen and oxygen atoms in total. The molecule has 0 radical (unpaired) electrons. The van der Waals surface area contributed by atoms with Crippen LogP contribution in [-0.4, -0.2) is 29.9 Å². The van der Waals surface area contributed by atoms with E-state index < -0.39 is 12.2 Å². The lowest BCUT2D eigenvalue weighted by atomic mass is 10.2. The molecule has 1 amide bonds. The van der Waals surface area contributed by atoms with Crippen molar-refractivity contribution >= 4 is 17.8 Å². The van der Waals surface area contributed by atoms with Crippen molar-refractivity contribution in [2.24, 2.45) is 5.10 Å². The maximum Gasteiger partial charge on any atom is 0.308 e. The van der Waals surface area contributed by atoms with Crippen LogP contribution in [-0.2, 0) is 14.3 Å². The number of methoxy groups -OCH3 is 1. The third-order valence-electron chi connectivity index (χ3n) is 3.71. The Hall–Kier alpha value is -3.35. The van der Waals surface area contributed by atoms with E-state index in [1.807, 2.05) is 12.1 Å². The molecule has 0 saturated heterocycles. The fourth-order valence-corrected chi connectivity index (χ4v) is 2.53. The maximum absolute atomic E-state index is 12.0. The van der Waals surface area contributed by atoms with Crippen LogP contribution in [0.4, 0.5) is 0 Å². The molecule has 1 atom stereocenters. The van der Waals surface area contributed by atoms with Crippen LogP contribution < -0.4 is 9.47 Å². The third-order valence-corrected chi connectivity index (χ3v) is 3.71. The molecule has 2 aromatic rings. The first-order valence-corrected chi connectivity index (χ1v) is 7.96. The third kappa shape index (κ3) is 3.66. The van der Waals surface area contributed by atoms with Crippen LogP contribution in [0.15, 0.2) is 53.6 Å². The molecule has 2 aromatic carbocycles. The van der Waals surface area contributed by atoms with Gasteiger partial charge in [0, 0.05) is 25.0 Å².